The van der Waals surface area contributed by atoms with Gasteiger partial charge in [0.15, 0.2) is 5.82 Å². The van der Waals surface area contributed by atoms with Gasteiger partial charge in [-0.2, -0.15) is 5.10 Å². The normalized spacial score (nSPS) is 18.0. The van der Waals surface area contributed by atoms with Gasteiger partial charge in [-0.1, -0.05) is 0 Å². The Kier molecular flexibility index (Phi) is 3.81. The van der Waals surface area contributed by atoms with Crippen molar-refractivity contribution in [1.82, 2.24) is 20.2 Å². The van der Waals surface area contributed by atoms with Crippen molar-refractivity contribution >= 4 is 11.6 Å². The molecule has 120 valence electrons. The maximum Gasteiger partial charge on any atom is 0.151 e. The maximum atomic E-state index is 4.59. The number of fused-ring (bicyclic) bond motifs is 1. The Bertz CT molecular complexity index is 678. The van der Waals surface area contributed by atoms with Crippen molar-refractivity contribution in [2.45, 2.75) is 32.6 Å². The van der Waals surface area contributed by atoms with Crippen LogP contribution in [0.15, 0.2) is 18.5 Å². The Hall–Kier alpha value is -2.24. The summed E-state index contributed by atoms with van der Waals surface area (Å²) in [4.78, 5) is 13.9. The molecule has 0 bridgehead atoms. The lowest BCUT2D eigenvalue weighted by atomic mass is 10.1. The van der Waals surface area contributed by atoms with Crippen LogP contribution in [0.1, 0.15) is 29.8 Å². The highest BCUT2D eigenvalue weighted by Gasteiger charge is 2.23. The molecule has 23 heavy (non-hydrogen) atoms. The van der Waals surface area contributed by atoms with Gasteiger partial charge in [-0.25, -0.2) is 9.97 Å². The second-order valence-corrected chi connectivity index (χ2v) is 6.34. The summed E-state index contributed by atoms with van der Waals surface area (Å²) in [6.07, 6.45) is 6.17. The number of anilines is 2. The van der Waals surface area contributed by atoms with E-state index in [4.69, 9.17) is 0 Å². The van der Waals surface area contributed by atoms with Crippen molar-refractivity contribution in [3.63, 3.8) is 0 Å². The summed E-state index contributed by atoms with van der Waals surface area (Å²) in [5.41, 5.74) is 3.48. The molecule has 0 aromatic carbocycles. The van der Waals surface area contributed by atoms with Crippen molar-refractivity contribution < 1.29 is 0 Å². The Labute approximate surface area is 136 Å². The highest BCUT2D eigenvalue weighted by Crippen LogP contribution is 2.27. The molecule has 1 fully saturated rings. The van der Waals surface area contributed by atoms with Gasteiger partial charge in [-0.05, 0) is 38.3 Å². The Morgan fingerprint density at radius 1 is 0.870 bits per heavy atom. The molecule has 2 aromatic rings. The van der Waals surface area contributed by atoms with E-state index in [1.54, 1.807) is 6.33 Å². The van der Waals surface area contributed by atoms with Crippen LogP contribution >= 0.6 is 0 Å². The van der Waals surface area contributed by atoms with Crippen LogP contribution < -0.4 is 9.80 Å². The van der Waals surface area contributed by atoms with E-state index >= 15 is 0 Å². The monoisotopic (exact) mass is 310 g/mol. The molecular formula is C17H22N6. The van der Waals surface area contributed by atoms with E-state index in [-0.39, 0.29) is 0 Å². The molecular weight excluding hydrogens is 288 g/mol. The number of aryl methyl sites for hydroxylation is 1. The third-order valence-corrected chi connectivity index (χ3v) is 4.78. The fourth-order valence-electron chi connectivity index (χ4n) is 3.50. The molecule has 0 spiro atoms. The van der Waals surface area contributed by atoms with Gasteiger partial charge in [0.1, 0.15) is 12.1 Å². The lowest BCUT2D eigenvalue weighted by Gasteiger charge is -2.21. The van der Waals surface area contributed by atoms with Gasteiger partial charge in [0, 0.05) is 38.2 Å². The van der Waals surface area contributed by atoms with Gasteiger partial charge in [-0.15, -0.1) is 5.10 Å². The minimum absolute atomic E-state index is 0.932. The molecule has 2 aliphatic heterocycles. The fraction of sp³-hybridized carbons (Fsp3) is 0.529. The van der Waals surface area contributed by atoms with Gasteiger partial charge in [-0.3, -0.25) is 0 Å². The highest BCUT2D eigenvalue weighted by atomic mass is 15.3. The van der Waals surface area contributed by atoms with E-state index in [1.165, 1.54) is 24.1 Å². The SMILES string of the molecule is Cc1ccc(N2CCc3ncnc(N4CCCC4)c3CC2)nn1. The second-order valence-electron chi connectivity index (χ2n) is 6.34. The average molecular weight is 310 g/mol. The molecule has 0 N–H and O–H groups in total. The third-order valence-electron chi connectivity index (χ3n) is 4.78. The molecule has 0 atom stereocenters. The predicted molar refractivity (Wildman–Crippen MR) is 89.9 cm³/mol. The molecule has 6 nitrogen and oxygen atoms in total. The summed E-state index contributed by atoms with van der Waals surface area (Å²) in [5, 5.41) is 8.52. The fourth-order valence-corrected chi connectivity index (χ4v) is 3.50. The molecule has 0 aliphatic carbocycles. The summed E-state index contributed by atoms with van der Waals surface area (Å²) >= 11 is 0. The van der Waals surface area contributed by atoms with Crippen LogP contribution in [0.5, 0.6) is 0 Å². The zero-order valence-electron chi connectivity index (χ0n) is 13.6. The van der Waals surface area contributed by atoms with Crippen molar-refractivity contribution in [1.29, 1.82) is 0 Å². The van der Waals surface area contributed by atoms with Crippen molar-refractivity contribution in [3.8, 4) is 0 Å². The predicted octanol–water partition coefficient (Wildman–Crippen LogP) is 1.78. The molecule has 0 saturated carbocycles. The largest absolute Gasteiger partial charge is 0.356 e. The highest BCUT2D eigenvalue weighted by molar-refractivity contribution is 5.51. The minimum Gasteiger partial charge on any atom is -0.356 e. The first-order valence-electron chi connectivity index (χ1n) is 8.44. The van der Waals surface area contributed by atoms with Crippen molar-refractivity contribution in [2.75, 3.05) is 36.0 Å². The molecule has 0 amide bonds. The van der Waals surface area contributed by atoms with Crippen LogP contribution in [-0.2, 0) is 12.8 Å². The zero-order valence-corrected chi connectivity index (χ0v) is 13.6. The van der Waals surface area contributed by atoms with E-state index < -0.39 is 0 Å². The smallest absolute Gasteiger partial charge is 0.151 e. The number of hydrogen-bond acceptors (Lipinski definition) is 6. The molecule has 0 radical (unpaired) electrons. The number of aromatic nitrogens is 4. The van der Waals surface area contributed by atoms with Gasteiger partial charge in [0.2, 0.25) is 0 Å². The molecule has 4 rings (SSSR count). The van der Waals surface area contributed by atoms with Crippen molar-refractivity contribution in [2.24, 2.45) is 0 Å². The van der Waals surface area contributed by atoms with Crippen LogP contribution in [0.4, 0.5) is 11.6 Å². The summed E-state index contributed by atoms with van der Waals surface area (Å²) in [7, 11) is 0. The van der Waals surface area contributed by atoms with Crippen LogP contribution in [0.2, 0.25) is 0 Å². The standard InChI is InChI=1S/C17H22N6/c1-13-4-5-16(21-20-13)22-10-6-14-15(7-11-22)18-12-19-17(14)23-8-2-3-9-23/h4-5,12H,2-3,6-11H2,1H3. The average Bonchev–Trinajstić information content (AvgIpc) is 3.02. The zero-order chi connectivity index (χ0) is 15.6. The molecule has 0 unspecified atom stereocenters. The maximum absolute atomic E-state index is 4.59. The first-order valence-corrected chi connectivity index (χ1v) is 8.44. The van der Waals surface area contributed by atoms with E-state index in [1.807, 2.05) is 13.0 Å². The van der Waals surface area contributed by atoms with E-state index in [0.29, 0.717) is 0 Å². The molecule has 2 aromatic heterocycles. The number of nitrogens with zero attached hydrogens (tertiary/aromatic N) is 6. The topological polar surface area (TPSA) is 58.0 Å². The molecule has 2 aliphatic rings. The van der Waals surface area contributed by atoms with Gasteiger partial charge in [0.05, 0.1) is 11.4 Å². The molecule has 4 heterocycles. The van der Waals surface area contributed by atoms with Crippen LogP contribution in [0.3, 0.4) is 0 Å². The Balaban J connectivity index is 1.58. The van der Waals surface area contributed by atoms with Gasteiger partial charge < -0.3 is 9.80 Å². The van der Waals surface area contributed by atoms with E-state index in [0.717, 1.165) is 56.4 Å². The van der Waals surface area contributed by atoms with Crippen LogP contribution in [0, 0.1) is 6.92 Å². The van der Waals surface area contributed by atoms with E-state index in [2.05, 4.69) is 36.0 Å². The van der Waals surface area contributed by atoms with Crippen LogP contribution in [0.25, 0.3) is 0 Å². The summed E-state index contributed by atoms with van der Waals surface area (Å²) in [6, 6.07) is 4.08. The minimum atomic E-state index is 0.932. The second kappa shape index (κ2) is 6.10. The Morgan fingerprint density at radius 3 is 2.48 bits per heavy atom. The van der Waals surface area contributed by atoms with E-state index in [9.17, 15) is 0 Å². The first-order chi connectivity index (χ1) is 11.3. The summed E-state index contributed by atoms with van der Waals surface area (Å²) in [5.74, 6) is 2.11. The Morgan fingerprint density at radius 2 is 1.70 bits per heavy atom. The third kappa shape index (κ3) is 2.85. The van der Waals surface area contributed by atoms with Crippen LogP contribution in [-0.4, -0.2) is 46.3 Å². The quantitative estimate of drug-likeness (QED) is 0.843. The van der Waals surface area contributed by atoms with Gasteiger partial charge >= 0.3 is 0 Å². The van der Waals surface area contributed by atoms with Gasteiger partial charge in [0.25, 0.3) is 0 Å². The molecule has 1 saturated heterocycles. The lowest BCUT2D eigenvalue weighted by molar-refractivity contribution is 0.770. The lowest BCUT2D eigenvalue weighted by Crippen LogP contribution is -2.27. The molecule has 6 heteroatoms. The number of hydrogen-bond donors (Lipinski definition) is 0. The summed E-state index contributed by atoms with van der Waals surface area (Å²) in [6.45, 7) is 6.08. The number of rotatable bonds is 2. The first kappa shape index (κ1) is 14.4. The van der Waals surface area contributed by atoms with Crippen molar-refractivity contribution in [3.05, 3.63) is 35.4 Å². The summed E-state index contributed by atoms with van der Waals surface area (Å²) < 4.78 is 0.